The molecule has 2 rings (SSSR count). The third-order valence-electron chi connectivity index (χ3n) is 4.85. The minimum Gasteiger partial charge on any atom is -0.444 e. The number of hydrogen-bond donors (Lipinski definition) is 3. The Morgan fingerprint density at radius 1 is 1.20 bits per heavy atom. The second-order valence-electron chi connectivity index (χ2n) is 8.90. The Labute approximate surface area is 178 Å². The number of anilines is 1. The molecule has 0 saturated carbocycles. The lowest BCUT2D eigenvalue weighted by Gasteiger charge is -2.31. The molecule has 1 aliphatic heterocycles. The van der Waals surface area contributed by atoms with Gasteiger partial charge >= 0.3 is 6.09 Å². The first-order valence-corrected chi connectivity index (χ1v) is 10.3. The van der Waals surface area contributed by atoms with E-state index < -0.39 is 23.8 Å². The van der Waals surface area contributed by atoms with E-state index in [-0.39, 0.29) is 24.3 Å². The summed E-state index contributed by atoms with van der Waals surface area (Å²) in [6.07, 6.45) is 0.618. The van der Waals surface area contributed by atoms with Crippen LogP contribution < -0.4 is 10.6 Å². The first kappa shape index (κ1) is 23.7. The van der Waals surface area contributed by atoms with Crippen LogP contribution in [0.25, 0.3) is 0 Å². The number of nitrogens with zero attached hydrogens (tertiary/aromatic N) is 1. The van der Waals surface area contributed by atoms with Crippen molar-refractivity contribution in [1.29, 1.82) is 0 Å². The number of aliphatic hydroxyl groups excluding tert-OH is 1. The summed E-state index contributed by atoms with van der Waals surface area (Å²) in [4.78, 5) is 39.7. The van der Waals surface area contributed by atoms with Crippen molar-refractivity contribution >= 4 is 23.6 Å². The largest absolute Gasteiger partial charge is 0.444 e. The SMILES string of the molecule is CC(C)[C@H](NC(=O)OC(C)(C)C)C(=O)N1CCC[C@H]1C(=O)Nc1ccc(CO)cc1. The first-order chi connectivity index (χ1) is 14.0. The van der Waals surface area contributed by atoms with E-state index in [0.29, 0.717) is 25.1 Å². The first-order valence-electron chi connectivity index (χ1n) is 10.3. The average molecular weight is 420 g/mol. The van der Waals surface area contributed by atoms with Gasteiger partial charge in [-0.25, -0.2) is 4.79 Å². The Hall–Kier alpha value is -2.61. The summed E-state index contributed by atoms with van der Waals surface area (Å²) in [5, 5.41) is 14.6. The lowest BCUT2D eigenvalue weighted by Crippen LogP contribution is -2.55. The Kier molecular flexibility index (Phi) is 7.83. The number of aliphatic hydroxyl groups is 1. The molecule has 1 aromatic carbocycles. The van der Waals surface area contributed by atoms with Crippen LogP contribution in [0.1, 0.15) is 53.0 Å². The van der Waals surface area contributed by atoms with Gasteiger partial charge in [0.25, 0.3) is 0 Å². The lowest BCUT2D eigenvalue weighted by atomic mass is 10.0. The minimum absolute atomic E-state index is 0.0691. The van der Waals surface area contributed by atoms with Crippen LogP contribution in [0.2, 0.25) is 0 Å². The summed E-state index contributed by atoms with van der Waals surface area (Å²) >= 11 is 0. The van der Waals surface area contributed by atoms with Crippen LogP contribution in [0.5, 0.6) is 0 Å². The number of rotatable bonds is 6. The summed E-state index contributed by atoms with van der Waals surface area (Å²) < 4.78 is 5.29. The molecule has 1 heterocycles. The van der Waals surface area contributed by atoms with Gasteiger partial charge in [-0.05, 0) is 57.2 Å². The molecule has 1 aliphatic rings. The smallest absolute Gasteiger partial charge is 0.408 e. The van der Waals surface area contributed by atoms with E-state index in [1.807, 2.05) is 13.8 Å². The highest BCUT2D eigenvalue weighted by Crippen LogP contribution is 2.22. The fourth-order valence-electron chi connectivity index (χ4n) is 3.35. The second-order valence-corrected chi connectivity index (χ2v) is 8.90. The molecule has 0 radical (unpaired) electrons. The molecule has 1 saturated heterocycles. The molecule has 8 nitrogen and oxygen atoms in total. The van der Waals surface area contributed by atoms with Crippen LogP contribution in [0.3, 0.4) is 0 Å². The molecule has 30 heavy (non-hydrogen) atoms. The maximum atomic E-state index is 13.2. The van der Waals surface area contributed by atoms with Gasteiger partial charge in [0.1, 0.15) is 17.7 Å². The van der Waals surface area contributed by atoms with Crippen molar-refractivity contribution in [2.24, 2.45) is 5.92 Å². The summed E-state index contributed by atoms with van der Waals surface area (Å²) in [7, 11) is 0. The van der Waals surface area contributed by atoms with E-state index in [4.69, 9.17) is 9.84 Å². The number of carbonyl (C=O) groups is 3. The molecule has 3 N–H and O–H groups in total. The quantitative estimate of drug-likeness (QED) is 0.657. The van der Waals surface area contributed by atoms with E-state index in [2.05, 4.69) is 10.6 Å². The van der Waals surface area contributed by atoms with E-state index in [9.17, 15) is 14.4 Å². The summed E-state index contributed by atoms with van der Waals surface area (Å²) in [6.45, 7) is 9.34. The highest BCUT2D eigenvalue weighted by atomic mass is 16.6. The fraction of sp³-hybridized carbons (Fsp3) is 0.591. The molecule has 0 spiro atoms. The third kappa shape index (κ3) is 6.45. The maximum absolute atomic E-state index is 13.2. The van der Waals surface area contributed by atoms with Gasteiger partial charge in [-0.2, -0.15) is 0 Å². The summed E-state index contributed by atoms with van der Waals surface area (Å²) in [6, 6.07) is 5.50. The molecule has 0 bridgehead atoms. The van der Waals surface area contributed by atoms with E-state index in [1.54, 1.807) is 49.9 Å². The highest BCUT2D eigenvalue weighted by Gasteiger charge is 2.39. The van der Waals surface area contributed by atoms with Crippen molar-refractivity contribution in [1.82, 2.24) is 10.2 Å². The number of amides is 3. The molecule has 1 aromatic rings. The van der Waals surface area contributed by atoms with Gasteiger partial charge < -0.3 is 25.4 Å². The second kappa shape index (κ2) is 9.93. The van der Waals surface area contributed by atoms with Crippen LogP contribution in [-0.2, 0) is 20.9 Å². The van der Waals surface area contributed by atoms with E-state index in [1.165, 1.54) is 0 Å². The van der Waals surface area contributed by atoms with E-state index in [0.717, 1.165) is 5.56 Å². The molecule has 2 atom stereocenters. The number of hydrogen-bond acceptors (Lipinski definition) is 5. The molecule has 8 heteroatoms. The number of likely N-dealkylation sites (tertiary alicyclic amines) is 1. The molecule has 3 amide bonds. The standard InChI is InChI=1S/C22H33N3O5/c1-14(2)18(24-21(29)30-22(3,4)5)20(28)25-12-6-7-17(25)19(27)23-16-10-8-15(13-26)9-11-16/h8-11,14,17-18,26H,6-7,12-13H2,1-5H3,(H,23,27)(H,24,29)/t17-,18-/m0/s1. The van der Waals surface area contributed by atoms with Crippen LogP contribution in [0, 0.1) is 5.92 Å². The zero-order valence-corrected chi connectivity index (χ0v) is 18.4. The monoisotopic (exact) mass is 419 g/mol. The number of alkyl carbamates (subject to hydrolysis) is 1. The number of ether oxygens (including phenoxy) is 1. The van der Waals surface area contributed by atoms with Crippen molar-refractivity contribution in [3.8, 4) is 0 Å². The maximum Gasteiger partial charge on any atom is 0.408 e. The Morgan fingerprint density at radius 2 is 1.83 bits per heavy atom. The Balaban J connectivity index is 2.07. The van der Waals surface area contributed by atoms with Gasteiger partial charge in [0.15, 0.2) is 0 Å². The highest BCUT2D eigenvalue weighted by molar-refractivity contribution is 5.98. The van der Waals surface area contributed by atoms with Crippen LogP contribution >= 0.6 is 0 Å². The van der Waals surface area contributed by atoms with Gasteiger partial charge in [0.2, 0.25) is 11.8 Å². The zero-order chi connectivity index (χ0) is 22.5. The molecule has 0 unspecified atom stereocenters. The van der Waals surface area contributed by atoms with Crippen molar-refractivity contribution < 1.29 is 24.2 Å². The van der Waals surface area contributed by atoms with Gasteiger partial charge in [0.05, 0.1) is 6.61 Å². The topological polar surface area (TPSA) is 108 Å². The van der Waals surface area contributed by atoms with E-state index >= 15 is 0 Å². The van der Waals surface area contributed by atoms with Crippen LogP contribution in [-0.4, -0.2) is 52.1 Å². The van der Waals surface area contributed by atoms with Crippen LogP contribution in [0.4, 0.5) is 10.5 Å². The third-order valence-corrected chi connectivity index (χ3v) is 4.85. The van der Waals surface area contributed by atoms with Crippen LogP contribution in [0.15, 0.2) is 24.3 Å². The number of benzene rings is 1. The summed E-state index contributed by atoms with van der Waals surface area (Å²) in [5.41, 5.74) is 0.679. The zero-order valence-electron chi connectivity index (χ0n) is 18.4. The molecular formula is C22H33N3O5. The molecule has 1 fully saturated rings. The summed E-state index contributed by atoms with van der Waals surface area (Å²) in [5.74, 6) is -0.720. The van der Waals surface area contributed by atoms with Crippen molar-refractivity contribution in [3.63, 3.8) is 0 Å². The van der Waals surface area contributed by atoms with Crippen molar-refractivity contribution in [2.45, 2.75) is 71.8 Å². The van der Waals surface area contributed by atoms with Gasteiger partial charge in [-0.15, -0.1) is 0 Å². The van der Waals surface area contributed by atoms with Gasteiger partial charge in [0, 0.05) is 12.2 Å². The Morgan fingerprint density at radius 3 is 2.37 bits per heavy atom. The molecule has 166 valence electrons. The average Bonchev–Trinajstić information content (AvgIpc) is 3.14. The molecular weight excluding hydrogens is 386 g/mol. The molecule has 0 aromatic heterocycles. The predicted octanol–water partition coefficient (Wildman–Crippen LogP) is 2.66. The lowest BCUT2D eigenvalue weighted by molar-refractivity contribution is -0.139. The van der Waals surface area contributed by atoms with Gasteiger partial charge in [-0.3, -0.25) is 9.59 Å². The normalized spacial score (nSPS) is 17.6. The van der Waals surface area contributed by atoms with Crippen molar-refractivity contribution in [3.05, 3.63) is 29.8 Å². The van der Waals surface area contributed by atoms with Gasteiger partial charge in [-0.1, -0.05) is 26.0 Å². The Bertz CT molecular complexity index is 755. The predicted molar refractivity (Wildman–Crippen MR) is 114 cm³/mol. The number of carbonyl (C=O) groups excluding carboxylic acids is 3. The molecule has 0 aliphatic carbocycles. The van der Waals surface area contributed by atoms with Crippen molar-refractivity contribution in [2.75, 3.05) is 11.9 Å². The minimum atomic E-state index is -0.780. The fourth-order valence-corrected chi connectivity index (χ4v) is 3.35. The number of nitrogens with one attached hydrogen (secondary N) is 2.